The molecule has 35 heavy (non-hydrogen) atoms. The Hall–Kier alpha value is -3.06. The van der Waals surface area contributed by atoms with Gasteiger partial charge < -0.3 is 14.6 Å². The summed E-state index contributed by atoms with van der Waals surface area (Å²) in [6.45, 7) is 2.00. The number of hydrogen-bond acceptors (Lipinski definition) is 3. The second-order valence-electron chi connectivity index (χ2n) is 8.69. The molecule has 0 spiro atoms. The average molecular weight is 491 g/mol. The highest BCUT2D eigenvalue weighted by Gasteiger charge is 2.33. The highest BCUT2D eigenvalue weighted by Crippen LogP contribution is 2.41. The Morgan fingerprint density at radius 1 is 0.686 bits per heavy atom. The van der Waals surface area contributed by atoms with E-state index in [1.807, 2.05) is 6.92 Å². The summed E-state index contributed by atoms with van der Waals surface area (Å²) in [5.74, 6) is -1.78. The van der Waals surface area contributed by atoms with Gasteiger partial charge in [-0.3, -0.25) is 0 Å². The monoisotopic (exact) mass is 490 g/mol. The van der Waals surface area contributed by atoms with Crippen LogP contribution in [-0.4, -0.2) is 19.3 Å². The summed E-state index contributed by atoms with van der Waals surface area (Å²) in [5.41, 5.74) is 0.630. The van der Waals surface area contributed by atoms with Gasteiger partial charge in [-0.1, -0.05) is 13.3 Å². The van der Waals surface area contributed by atoms with E-state index in [0.29, 0.717) is 34.6 Å². The zero-order valence-corrected chi connectivity index (χ0v) is 20.1. The molecule has 0 bridgehead atoms. The van der Waals surface area contributed by atoms with Gasteiger partial charge in [0.1, 0.15) is 34.8 Å². The zero-order chi connectivity index (χ0) is 25.6. The molecular weight excluding hydrogens is 460 g/mol. The van der Waals surface area contributed by atoms with Crippen molar-refractivity contribution >= 4 is 0 Å². The van der Waals surface area contributed by atoms with Crippen LogP contribution in [0.3, 0.4) is 0 Å². The molecule has 0 aliphatic carbocycles. The largest absolute Gasteiger partial charge is 0.497 e. The molecule has 0 fully saturated rings. The van der Waals surface area contributed by atoms with E-state index in [1.165, 1.54) is 38.5 Å². The summed E-state index contributed by atoms with van der Waals surface area (Å²) in [6, 6.07) is 9.95. The Bertz CT molecular complexity index is 1070. The smallest absolute Gasteiger partial charge is 0.126 e. The molecule has 0 amide bonds. The van der Waals surface area contributed by atoms with Crippen molar-refractivity contribution in [3.63, 3.8) is 0 Å². The van der Waals surface area contributed by atoms with Gasteiger partial charge in [0.2, 0.25) is 0 Å². The third-order valence-corrected chi connectivity index (χ3v) is 6.14. The maximum Gasteiger partial charge on any atom is 0.126 e. The molecule has 3 rings (SSSR count). The average Bonchev–Trinajstić information content (AvgIpc) is 2.80. The van der Waals surface area contributed by atoms with Crippen molar-refractivity contribution in [1.29, 1.82) is 0 Å². The third-order valence-electron chi connectivity index (χ3n) is 6.14. The van der Waals surface area contributed by atoms with Crippen molar-refractivity contribution in [3.05, 3.63) is 94.1 Å². The van der Waals surface area contributed by atoms with Crippen LogP contribution in [0.5, 0.6) is 11.5 Å². The fraction of sp³-hybridized carbons (Fsp3) is 0.357. The predicted octanol–water partition coefficient (Wildman–Crippen LogP) is 6.67. The Balaban J connectivity index is 2.05. The molecule has 0 aliphatic rings. The molecule has 0 saturated heterocycles. The fourth-order valence-electron chi connectivity index (χ4n) is 4.45. The number of halogens is 4. The van der Waals surface area contributed by atoms with Crippen molar-refractivity contribution in [2.75, 3.05) is 14.2 Å². The van der Waals surface area contributed by atoms with Gasteiger partial charge in [-0.2, -0.15) is 0 Å². The first-order valence-corrected chi connectivity index (χ1v) is 11.5. The van der Waals surface area contributed by atoms with Crippen LogP contribution in [0.4, 0.5) is 17.6 Å². The number of aliphatic hydroxyl groups is 1. The van der Waals surface area contributed by atoms with Crippen molar-refractivity contribution < 1.29 is 32.1 Å². The van der Waals surface area contributed by atoms with Gasteiger partial charge >= 0.3 is 0 Å². The highest BCUT2D eigenvalue weighted by molar-refractivity contribution is 5.49. The van der Waals surface area contributed by atoms with E-state index in [2.05, 4.69) is 0 Å². The number of ether oxygens (including phenoxy) is 2. The standard InChI is InChI=1S/C28H30F4O3/c1-4-5-25-26(16-24(34-2)17-27(25)35-3)28(33,8-6-18-10-20(29)14-21(30)11-18)9-7-19-12-22(31)15-23(32)13-19/h10-17,33H,4-9H2,1-3H3. The van der Waals surface area contributed by atoms with E-state index >= 15 is 0 Å². The molecule has 0 atom stereocenters. The first-order valence-electron chi connectivity index (χ1n) is 11.5. The van der Waals surface area contributed by atoms with Gasteiger partial charge in [-0.05, 0) is 79.1 Å². The lowest BCUT2D eigenvalue weighted by molar-refractivity contribution is 0.0176. The maximum absolute atomic E-state index is 13.8. The topological polar surface area (TPSA) is 38.7 Å². The van der Waals surface area contributed by atoms with Gasteiger partial charge in [-0.15, -0.1) is 0 Å². The molecule has 0 aromatic heterocycles. The summed E-state index contributed by atoms with van der Waals surface area (Å²) >= 11 is 0. The minimum atomic E-state index is -1.50. The van der Waals surface area contributed by atoms with Crippen molar-refractivity contribution in [3.8, 4) is 11.5 Å². The van der Waals surface area contributed by atoms with Gasteiger partial charge in [0.25, 0.3) is 0 Å². The Kier molecular flexibility index (Phi) is 8.78. The molecule has 0 unspecified atom stereocenters. The van der Waals surface area contributed by atoms with Crippen LogP contribution in [0.15, 0.2) is 48.5 Å². The van der Waals surface area contributed by atoms with E-state index in [4.69, 9.17) is 9.47 Å². The van der Waals surface area contributed by atoms with Gasteiger partial charge in [0, 0.05) is 23.8 Å². The highest BCUT2D eigenvalue weighted by atomic mass is 19.1. The summed E-state index contributed by atoms with van der Waals surface area (Å²) in [4.78, 5) is 0. The molecule has 0 aliphatic heterocycles. The van der Waals surface area contributed by atoms with Crippen molar-refractivity contribution in [1.82, 2.24) is 0 Å². The normalized spacial score (nSPS) is 11.5. The van der Waals surface area contributed by atoms with E-state index in [9.17, 15) is 22.7 Å². The Morgan fingerprint density at radius 2 is 1.17 bits per heavy atom. The van der Waals surface area contributed by atoms with E-state index < -0.39 is 28.9 Å². The first-order chi connectivity index (χ1) is 16.7. The predicted molar refractivity (Wildman–Crippen MR) is 127 cm³/mol. The second-order valence-corrected chi connectivity index (χ2v) is 8.69. The summed E-state index contributed by atoms with van der Waals surface area (Å²) in [6.07, 6.45) is 1.95. The summed E-state index contributed by atoms with van der Waals surface area (Å²) in [7, 11) is 3.03. The maximum atomic E-state index is 13.8. The van der Waals surface area contributed by atoms with Crippen LogP contribution in [0, 0.1) is 23.3 Å². The Labute approximate surface area is 203 Å². The molecule has 3 aromatic rings. The lowest BCUT2D eigenvalue weighted by Crippen LogP contribution is -2.29. The van der Waals surface area contributed by atoms with Crippen LogP contribution in [0.2, 0.25) is 0 Å². The van der Waals surface area contributed by atoms with Crippen LogP contribution in [-0.2, 0) is 24.9 Å². The van der Waals surface area contributed by atoms with Gasteiger partial charge in [0.05, 0.1) is 19.8 Å². The van der Waals surface area contributed by atoms with E-state index in [-0.39, 0.29) is 25.7 Å². The van der Waals surface area contributed by atoms with Gasteiger partial charge in [-0.25, -0.2) is 17.6 Å². The SMILES string of the molecule is CCCc1c(OC)cc(OC)cc1C(O)(CCc1cc(F)cc(F)c1)CCc1cc(F)cc(F)c1. The minimum Gasteiger partial charge on any atom is -0.497 e. The molecule has 3 nitrogen and oxygen atoms in total. The van der Waals surface area contributed by atoms with E-state index in [1.54, 1.807) is 12.1 Å². The molecule has 0 saturated carbocycles. The Morgan fingerprint density at radius 3 is 1.57 bits per heavy atom. The number of methoxy groups -OCH3 is 2. The van der Waals surface area contributed by atoms with Crippen LogP contribution < -0.4 is 9.47 Å². The van der Waals surface area contributed by atoms with Crippen molar-refractivity contribution in [2.45, 2.75) is 51.0 Å². The second kappa shape index (κ2) is 11.6. The van der Waals surface area contributed by atoms with Crippen LogP contribution in [0.1, 0.15) is 48.4 Å². The molecule has 0 radical (unpaired) electrons. The first kappa shape index (κ1) is 26.5. The number of hydrogen-bond donors (Lipinski definition) is 1. The molecule has 3 aromatic carbocycles. The van der Waals surface area contributed by atoms with Gasteiger partial charge in [0.15, 0.2) is 0 Å². The lowest BCUT2D eigenvalue weighted by Gasteiger charge is -2.32. The number of benzene rings is 3. The molecular formula is C28H30F4O3. The fourth-order valence-corrected chi connectivity index (χ4v) is 4.45. The summed E-state index contributed by atoms with van der Waals surface area (Å²) in [5, 5.41) is 12.0. The van der Waals surface area contributed by atoms with Crippen LogP contribution in [0.25, 0.3) is 0 Å². The van der Waals surface area contributed by atoms with Crippen LogP contribution >= 0.6 is 0 Å². The van der Waals surface area contributed by atoms with Crippen molar-refractivity contribution in [2.24, 2.45) is 0 Å². The lowest BCUT2D eigenvalue weighted by atomic mass is 9.79. The summed E-state index contributed by atoms with van der Waals surface area (Å²) < 4.78 is 66.1. The zero-order valence-electron chi connectivity index (χ0n) is 20.1. The molecule has 1 N–H and O–H groups in total. The van der Waals surface area contributed by atoms with E-state index in [0.717, 1.165) is 24.1 Å². The molecule has 7 heteroatoms. The minimum absolute atomic E-state index is 0.112. The molecule has 188 valence electrons. The third kappa shape index (κ3) is 6.75. The number of rotatable bonds is 11. The molecule has 0 heterocycles. The quantitative estimate of drug-likeness (QED) is 0.305. The number of aryl methyl sites for hydroxylation is 2.